The smallest absolute Gasteiger partial charge is 0.222 e. The molecule has 110 valence electrons. The molecule has 1 fully saturated rings. The van der Waals surface area contributed by atoms with E-state index < -0.39 is 0 Å². The molecule has 20 heavy (non-hydrogen) atoms. The highest BCUT2D eigenvalue weighted by Gasteiger charge is 2.30. The molecule has 1 aromatic rings. The van der Waals surface area contributed by atoms with Crippen LogP contribution in [-0.2, 0) is 4.79 Å². The van der Waals surface area contributed by atoms with Crippen LogP contribution in [0.5, 0.6) is 5.75 Å². The van der Waals surface area contributed by atoms with E-state index in [1.807, 2.05) is 25.1 Å². The predicted molar refractivity (Wildman–Crippen MR) is 82.6 cm³/mol. The average molecular weight is 341 g/mol. The fourth-order valence-corrected chi connectivity index (χ4v) is 2.80. The summed E-state index contributed by atoms with van der Waals surface area (Å²) in [5.74, 6) is 1.35. The first-order valence-corrected chi connectivity index (χ1v) is 7.69. The fourth-order valence-electron chi connectivity index (χ4n) is 2.24. The van der Waals surface area contributed by atoms with Crippen LogP contribution in [0.2, 0.25) is 0 Å². The second kappa shape index (κ2) is 6.59. The number of nitrogens with two attached hydrogens (primary N) is 1. The van der Waals surface area contributed by atoms with Gasteiger partial charge in [-0.1, -0.05) is 6.07 Å². The van der Waals surface area contributed by atoms with Crippen LogP contribution in [0.25, 0.3) is 0 Å². The molecule has 0 heterocycles. The van der Waals surface area contributed by atoms with Gasteiger partial charge in [0.25, 0.3) is 0 Å². The van der Waals surface area contributed by atoms with Gasteiger partial charge in [-0.25, -0.2) is 0 Å². The van der Waals surface area contributed by atoms with E-state index in [9.17, 15) is 4.79 Å². The van der Waals surface area contributed by atoms with Crippen molar-refractivity contribution in [2.75, 3.05) is 7.11 Å². The number of nitrogens with one attached hydrogen (secondary N) is 1. The van der Waals surface area contributed by atoms with Crippen LogP contribution in [0.3, 0.4) is 0 Å². The van der Waals surface area contributed by atoms with Gasteiger partial charge in [-0.15, -0.1) is 0 Å². The van der Waals surface area contributed by atoms with E-state index in [1.165, 1.54) is 0 Å². The minimum atomic E-state index is -0.0453. The van der Waals surface area contributed by atoms with Crippen LogP contribution in [0, 0.1) is 5.92 Å². The monoisotopic (exact) mass is 340 g/mol. The van der Waals surface area contributed by atoms with E-state index in [2.05, 4.69) is 21.2 Å². The lowest BCUT2D eigenvalue weighted by Crippen LogP contribution is -2.34. The molecule has 2 atom stereocenters. The lowest BCUT2D eigenvalue weighted by Gasteiger charge is -2.17. The summed E-state index contributed by atoms with van der Waals surface area (Å²) in [4.78, 5) is 11.9. The van der Waals surface area contributed by atoms with Crippen LogP contribution in [-0.4, -0.2) is 19.1 Å². The van der Waals surface area contributed by atoms with Crippen LogP contribution >= 0.6 is 15.9 Å². The highest BCUT2D eigenvalue weighted by atomic mass is 79.9. The van der Waals surface area contributed by atoms with Gasteiger partial charge in [-0.3, -0.25) is 4.79 Å². The molecule has 1 amide bonds. The zero-order chi connectivity index (χ0) is 14.7. The Labute approximate surface area is 128 Å². The van der Waals surface area contributed by atoms with Gasteiger partial charge in [0.15, 0.2) is 0 Å². The number of ether oxygens (including phenoxy) is 1. The van der Waals surface area contributed by atoms with Gasteiger partial charge in [0.05, 0.1) is 17.6 Å². The maximum Gasteiger partial charge on any atom is 0.222 e. The Morgan fingerprint density at radius 3 is 2.80 bits per heavy atom. The quantitative estimate of drug-likeness (QED) is 0.836. The third kappa shape index (κ3) is 3.96. The molecule has 0 aromatic heterocycles. The second-order valence-electron chi connectivity index (χ2n) is 5.39. The van der Waals surface area contributed by atoms with Gasteiger partial charge in [0, 0.05) is 12.5 Å². The lowest BCUT2D eigenvalue weighted by molar-refractivity contribution is -0.122. The van der Waals surface area contributed by atoms with E-state index in [0.29, 0.717) is 12.3 Å². The molecule has 1 aromatic carbocycles. The third-order valence-corrected chi connectivity index (χ3v) is 4.32. The molecule has 1 saturated carbocycles. The summed E-state index contributed by atoms with van der Waals surface area (Å²) in [7, 11) is 1.63. The number of methoxy groups -OCH3 is 1. The van der Waals surface area contributed by atoms with E-state index in [1.54, 1.807) is 7.11 Å². The molecule has 5 heteroatoms. The Balaban J connectivity index is 1.91. The molecule has 1 aliphatic carbocycles. The molecule has 2 unspecified atom stereocenters. The van der Waals surface area contributed by atoms with Crippen LogP contribution in [0.1, 0.15) is 37.8 Å². The van der Waals surface area contributed by atoms with Crippen LogP contribution in [0.15, 0.2) is 22.7 Å². The van der Waals surface area contributed by atoms with Crippen LogP contribution in [0.4, 0.5) is 0 Å². The number of halogens is 1. The number of benzene rings is 1. The Bertz CT molecular complexity index is 489. The molecule has 1 aliphatic rings. The van der Waals surface area contributed by atoms with Crippen molar-refractivity contribution in [3.8, 4) is 5.75 Å². The number of carbonyl (C=O) groups is 1. The summed E-state index contributed by atoms with van der Waals surface area (Å²) in [6.07, 6.45) is 2.73. The molecule has 0 bridgehead atoms. The van der Waals surface area contributed by atoms with Crippen molar-refractivity contribution in [2.45, 2.75) is 38.3 Å². The normalized spacial score (nSPS) is 17.4. The van der Waals surface area contributed by atoms with Crippen LogP contribution < -0.4 is 15.8 Å². The maximum absolute atomic E-state index is 11.9. The Morgan fingerprint density at radius 2 is 2.25 bits per heavy atom. The van der Waals surface area contributed by atoms with Gasteiger partial charge < -0.3 is 15.8 Å². The van der Waals surface area contributed by atoms with Gasteiger partial charge in [0.1, 0.15) is 5.75 Å². The standard InChI is InChI=1S/C15H21BrN2O2/c1-9(11-5-6-14(20-2)12(16)7-11)18-15(19)8-13(17)10-3-4-10/h5-7,9-10,13H,3-4,8,17H2,1-2H3,(H,18,19). The van der Waals surface area contributed by atoms with E-state index in [0.717, 1.165) is 28.6 Å². The minimum absolute atomic E-state index is 0.00445. The topological polar surface area (TPSA) is 64.3 Å². The van der Waals surface area contributed by atoms with Crippen molar-refractivity contribution in [1.29, 1.82) is 0 Å². The highest BCUT2D eigenvalue weighted by molar-refractivity contribution is 9.10. The summed E-state index contributed by atoms with van der Waals surface area (Å²) in [5.41, 5.74) is 7.00. The number of rotatable bonds is 6. The number of carbonyl (C=O) groups excluding carboxylic acids is 1. The Morgan fingerprint density at radius 1 is 1.55 bits per heavy atom. The first-order valence-electron chi connectivity index (χ1n) is 6.89. The Hall–Kier alpha value is -1.07. The fraction of sp³-hybridized carbons (Fsp3) is 0.533. The summed E-state index contributed by atoms with van der Waals surface area (Å²) in [5, 5.41) is 2.99. The molecule has 2 rings (SSSR count). The van der Waals surface area contributed by atoms with E-state index in [4.69, 9.17) is 10.5 Å². The SMILES string of the molecule is COc1ccc(C(C)NC(=O)CC(N)C2CC2)cc1Br. The van der Waals surface area contributed by atoms with E-state index in [-0.39, 0.29) is 18.0 Å². The molecular formula is C15H21BrN2O2. The van der Waals surface area contributed by atoms with Gasteiger partial charge in [-0.05, 0) is 59.3 Å². The number of amides is 1. The first kappa shape index (κ1) is 15.3. The molecule has 0 spiro atoms. The largest absolute Gasteiger partial charge is 0.496 e. The summed E-state index contributed by atoms with van der Waals surface area (Å²) in [6, 6.07) is 5.76. The van der Waals surface area contributed by atoms with E-state index >= 15 is 0 Å². The summed E-state index contributed by atoms with van der Waals surface area (Å²) >= 11 is 3.45. The number of hydrogen-bond donors (Lipinski definition) is 2. The third-order valence-electron chi connectivity index (χ3n) is 3.70. The van der Waals surface area contributed by atoms with Gasteiger partial charge in [0.2, 0.25) is 5.91 Å². The van der Waals surface area contributed by atoms with Gasteiger partial charge >= 0.3 is 0 Å². The number of hydrogen-bond acceptors (Lipinski definition) is 3. The highest BCUT2D eigenvalue weighted by Crippen LogP contribution is 2.33. The van der Waals surface area contributed by atoms with Crippen molar-refractivity contribution in [3.63, 3.8) is 0 Å². The lowest BCUT2D eigenvalue weighted by atomic mass is 10.1. The predicted octanol–water partition coefficient (Wildman–Crippen LogP) is 2.76. The summed E-state index contributed by atoms with van der Waals surface area (Å²) < 4.78 is 6.08. The molecule has 0 radical (unpaired) electrons. The minimum Gasteiger partial charge on any atom is -0.496 e. The van der Waals surface area contributed by atoms with Gasteiger partial charge in [-0.2, -0.15) is 0 Å². The first-order chi connectivity index (χ1) is 9.51. The zero-order valence-electron chi connectivity index (χ0n) is 11.9. The molecule has 0 aliphatic heterocycles. The van der Waals surface area contributed by atoms with Crippen molar-refractivity contribution >= 4 is 21.8 Å². The second-order valence-corrected chi connectivity index (χ2v) is 6.24. The molecule has 3 N–H and O–H groups in total. The summed E-state index contributed by atoms with van der Waals surface area (Å²) in [6.45, 7) is 1.97. The molecule has 0 saturated heterocycles. The van der Waals surface area contributed by atoms with Crippen molar-refractivity contribution in [1.82, 2.24) is 5.32 Å². The molecular weight excluding hydrogens is 320 g/mol. The zero-order valence-corrected chi connectivity index (χ0v) is 13.4. The average Bonchev–Trinajstić information content (AvgIpc) is 3.22. The maximum atomic E-state index is 11.9. The van der Waals surface area contributed by atoms with Crippen molar-refractivity contribution in [3.05, 3.63) is 28.2 Å². The van der Waals surface area contributed by atoms with Crippen molar-refractivity contribution in [2.24, 2.45) is 11.7 Å². The molecule has 4 nitrogen and oxygen atoms in total. The van der Waals surface area contributed by atoms with Crippen molar-refractivity contribution < 1.29 is 9.53 Å². The Kier molecular flexibility index (Phi) is 5.05.